The van der Waals surface area contributed by atoms with Crippen LogP contribution in [-0.2, 0) is 4.79 Å². The third-order valence-corrected chi connectivity index (χ3v) is 2.17. The van der Waals surface area contributed by atoms with Crippen LogP contribution in [-0.4, -0.2) is 17.7 Å². The van der Waals surface area contributed by atoms with E-state index in [9.17, 15) is 4.79 Å². The number of carbonyl (C=O) groups is 1. The summed E-state index contributed by atoms with van der Waals surface area (Å²) in [5, 5.41) is 8.98. The molecule has 72 valence electrons. The Kier molecular flexibility index (Phi) is 4.14. The number of rotatable bonds is 4. The highest BCUT2D eigenvalue weighted by molar-refractivity contribution is 9.09. The summed E-state index contributed by atoms with van der Waals surface area (Å²) in [6.45, 7) is -0.00998. The topological polar surface area (TPSA) is 50.1 Å². The van der Waals surface area contributed by atoms with Crippen molar-refractivity contribution in [3.63, 3.8) is 0 Å². The van der Waals surface area contributed by atoms with Crippen molar-refractivity contribution < 1.29 is 9.53 Å². The van der Waals surface area contributed by atoms with E-state index in [-0.39, 0.29) is 17.7 Å². The third kappa shape index (κ3) is 2.86. The summed E-state index contributed by atoms with van der Waals surface area (Å²) in [7, 11) is 0. The standard InChI is InChI=1S/C10H8BrNO2/c11-5-9(13)7-14-10-4-2-1-3-8(10)6-12/h1-4H,5,7H2. The van der Waals surface area contributed by atoms with Crippen molar-refractivity contribution in [2.24, 2.45) is 0 Å². The Bertz CT molecular complexity index is 371. The van der Waals surface area contributed by atoms with Gasteiger partial charge in [0.05, 0.1) is 10.9 Å². The van der Waals surface area contributed by atoms with E-state index >= 15 is 0 Å². The zero-order valence-electron chi connectivity index (χ0n) is 7.37. The summed E-state index contributed by atoms with van der Waals surface area (Å²) in [5.41, 5.74) is 0.440. The predicted octanol–water partition coefficient (Wildman–Crippen LogP) is 1.90. The zero-order chi connectivity index (χ0) is 10.4. The van der Waals surface area contributed by atoms with E-state index in [0.29, 0.717) is 11.3 Å². The van der Waals surface area contributed by atoms with E-state index in [1.165, 1.54) is 0 Å². The molecule has 0 heterocycles. The maximum atomic E-state index is 10.9. The van der Waals surface area contributed by atoms with Crippen LogP contribution in [0.4, 0.5) is 0 Å². The summed E-state index contributed by atoms with van der Waals surface area (Å²) in [5.74, 6) is 0.391. The van der Waals surface area contributed by atoms with Crippen LogP contribution < -0.4 is 4.74 Å². The quantitative estimate of drug-likeness (QED) is 0.771. The molecule has 0 fully saturated rings. The molecular weight excluding hydrogens is 246 g/mol. The first kappa shape index (κ1) is 10.7. The van der Waals surface area contributed by atoms with E-state index in [0.717, 1.165) is 0 Å². The largest absolute Gasteiger partial charge is 0.484 e. The van der Waals surface area contributed by atoms with E-state index in [4.69, 9.17) is 10.00 Å². The lowest BCUT2D eigenvalue weighted by Crippen LogP contribution is -2.12. The van der Waals surface area contributed by atoms with Gasteiger partial charge in [-0.3, -0.25) is 4.79 Å². The molecule has 0 spiro atoms. The third-order valence-electron chi connectivity index (χ3n) is 1.55. The Morgan fingerprint density at radius 3 is 2.86 bits per heavy atom. The number of nitriles is 1. The Labute approximate surface area is 90.4 Å². The van der Waals surface area contributed by atoms with E-state index in [1.54, 1.807) is 24.3 Å². The van der Waals surface area contributed by atoms with E-state index in [1.807, 2.05) is 6.07 Å². The minimum atomic E-state index is -0.0576. The van der Waals surface area contributed by atoms with Gasteiger partial charge in [0, 0.05) is 0 Å². The van der Waals surface area contributed by atoms with Gasteiger partial charge in [-0.2, -0.15) is 5.26 Å². The number of ketones is 1. The van der Waals surface area contributed by atoms with Crippen LogP contribution in [0.1, 0.15) is 5.56 Å². The molecule has 0 N–H and O–H groups in total. The molecule has 1 aromatic carbocycles. The van der Waals surface area contributed by atoms with Gasteiger partial charge in [-0.25, -0.2) is 0 Å². The number of ether oxygens (including phenoxy) is 1. The monoisotopic (exact) mass is 253 g/mol. The Balaban J connectivity index is 2.68. The summed E-state index contributed by atoms with van der Waals surface area (Å²) in [6, 6.07) is 8.81. The molecule has 3 nitrogen and oxygen atoms in total. The van der Waals surface area contributed by atoms with Gasteiger partial charge >= 0.3 is 0 Å². The highest BCUT2D eigenvalue weighted by atomic mass is 79.9. The summed E-state index contributed by atoms with van der Waals surface area (Å²) >= 11 is 3.03. The Hall–Kier alpha value is -1.34. The molecule has 0 bridgehead atoms. The molecular formula is C10H8BrNO2. The number of hydrogen-bond acceptors (Lipinski definition) is 3. The number of nitrogens with zero attached hydrogens (tertiary/aromatic N) is 1. The minimum absolute atomic E-state index is 0.00998. The van der Waals surface area contributed by atoms with Crippen LogP contribution in [0.25, 0.3) is 0 Å². The van der Waals surface area contributed by atoms with Gasteiger partial charge in [-0.15, -0.1) is 0 Å². The van der Waals surface area contributed by atoms with Gasteiger partial charge in [-0.05, 0) is 12.1 Å². The molecule has 1 aromatic rings. The van der Waals surface area contributed by atoms with E-state index < -0.39 is 0 Å². The molecule has 0 aromatic heterocycles. The smallest absolute Gasteiger partial charge is 0.180 e. The van der Waals surface area contributed by atoms with Crippen molar-refractivity contribution in [3.05, 3.63) is 29.8 Å². The SMILES string of the molecule is N#Cc1ccccc1OCC(=O)CBr. The lowest BCUT2D eigenvalue weighted by atomic mass is 10.2. The van der Waals surface area contributed by atoms with Crippen LogP contribution in [0.3, 0.4) is 0 Å². The minimum Gasteiger partial charge on any atom is -0.484 e. The zero-order valence-corrected chi connectivity index (χ0v) is 8.95. The molecule has 0 amide bonds. The lowest BCUT2D eigenvalue weighted by molar-refractivity contribution is -0.118. The Morgan fingerprint density at radius 2 is 2.21 bits per heavy atom. The van der Waals surface area contributed by atoms with Gasteiger partial charge in [0.15, 0.2) is 5.78 Å². The van der Waals surface area contributed by atoms with Crippen molar-refractivity contribution in [2.45, 2.75) is 0 Å². The second kappa shape index (κ2) is 5.40. The summed E-state index contributed by atoms with van der Waals surface area (Å²) in [4.78, 5) is 10.9. The number of benzene rings is 1. The first-order valence-electron chi connectivity index (χ1n) is 3.97. The molecule has 0 saturated carbocycles. The summed E-state index contributed by atoms with van der Waals surface area (Å²) < 4.78 is 5.18. The van der Waals surface area contributed by atoms with Gasteiger partial charge < -0.3 is 4.74 Å². The molecule has 0 aliphatic carbocycles. The van der Waals surface area contributed by atoms with E-state index in [2.05, 4.69) is 15.9 Å². The number of Topliss-reactive ketones (excluding diaryl/α,β-unsaturated/α-hetero) is 1. The van der Waals surface area contributed by atoms with Gasteiger partial charge in [-0.1, -0.05) is 28.1 Å². The number of alkyl halides is 1. The fourth-order valence-electron chi connectivity index (χ4n) is 0.882. The molecule has 0 saturated heterocycles. The van der Waals surface area contributed by atoms with Crippen molar-refractivity contribution in [2.75, 3.05) is 11.9 Å². The maximum Gasteiger partial charge on any atom is 0.180 e. The molecule has 0 radical (unpaired) electrons. The van der Waals surface area contributed by atoms with Crippen LogP contribution in [0.5, 0.6) is 5.75 Å². The number of hydrogen-bond donors (Lipinski definition) is 0. The first-order valence-corrected chi connectivity index (χ1v) is 5.09. The first-order chi connectivity index (χ1) is 6.77. The normalized spacial score (nSPS) is 9.14. The van der Waals surface area contributed by atoms with Crippen molar-refractivity contribution in [1.82, 2.24) is 0 Å². The predicted molar refractivity (Wildman–Crippen MR) is 55.5 cm³/mol. The fraction of sp³-hybridized carbons (Fsp3) is 0.200. The average Bonchev–Trinajstić information content (AvgIpc) is 2.26. The Morgan fingerprint density at radius 1 is 1.50 bits per heavy atom. The van der Waals surface area contributed by atoms with Crippen molar-refractivity contribution >= 4 is 21.7 Å². The van der Waals surface area contributed by atoms with Crippen LogP contribution in [0.2, 0.25) is 0 Å². The van der Waals surface area contributed by atoms with Crippen LogP contribution >= 0.6 is 15.9 Å². The van der Waals surface area contributed by atoms with Gasteiger partial charge in [0.25, 0.3) is 0 Å². The summed E-state index contributed by atoms with van der Waals surface area (Å²) in [6.07, 6.45) is 0. The van der Waals surface area contributed by atoms with Crippen LogP contribution in [0.15, 0.2) is 24.3 Å². The molecule has 1 rings (SSSR count). The van der Waals surface area contributed by atoms with Crippen LogP contribution in [0, 0.1) is 11.3 Å². The highest BCUT2D eigenvalue weighted by Crippen LogP contribution is 2.16. The fourth-order valence-corrected chi connectivity index (χ4v) is 1.04. The second-order valence-electron chi connectivity index (χ2n) is 2.57. The average molecular weight is 254 g/mol. The molecule has 0 aliphatic heterocycles. The lowest BCUT2D eigenvalue weighted by Gasteiger charge is -2.04. The number of halogens is 1. The molecule has 14 heavy (non-hydrogen) atoms. The maximum absolute atomic E-state index is 10.9. The van der Waals surface area contributed by atoms with Crippen molar-refractivity contribution in [1.29, 1.82) is 5.26 Å². The molecule has 4 heteroatoms. The number of carbonyl (C=O) groups excluding carboxylic acids is 1. The molecule has 0 unspecified atom stereocenters. The van der Waals surface area contributed by atoms with Gasteiger partial charge in [0.1, 0.15) is 18.4 Å². The molecule has 0 atom stereocenters. The number of para-hydroxylation sites is 1. The second-order valence-corrected chi connectivity index (χ2v) is 3.13. The highest BCUT2D eigenvalue weighted by Gasteiger charge is 2.04. The van der Waals surface area contributed by atoms with Gasteiger partial charge in [0.2, 0.25) is 0 Å². The van der Waals surface area contributed by atoms with Crippen molar-refractivity contribution in [3.8, 4) is 11.8 Å². The molecule has 0 aliphatic rings.